The summed E-state index contributed by atoms with van der Waals surface area (Å²) >= 11 is 3.17. The summed E-state index contributed by atoms with van der Waals surface area (Å²) in [6.07, 6.45) is 2.80. The normalized spacial score (nSPS) is 11.6. The van der Waals surface area contributed by atoms with E-state index < -0.39 is 0 Å². The van der Waals surface area contributed by atoms with E-state index in [9.17, 15) is 0 Å². The van der Waals surface area contributed by atoms with Crippen LogP contribution in [0.15, 0.2) is 10.4 Å². The average Bonchev–Trinajstić information content (AvgIpc) is 2.91. The van der Waals surface area contributed by atoms with Crippen molar-refractivity contribution < 1.29 is 5.11 Å². The average molecular weight is 329 g/mol. The third kappa shape index (κ3) is 8.03. The molecule has 5 N–H and O–H groups in total. The van der Waals surface area contributed by atoms with Gasteiger partial charge >= 0.3 is 0 Å². The van der Waals surface area contributed by atoms with Crippen LogP contribution in [0.3, 0.4) is 0 Å². The zero-order chi connectivity index (χ0) is 15.5. The molecule has 0 radical (unpaired) electrons. The highest BCUT2D eigenvalue weighted by Gasteiger charge is 2.03. The van der Waals surface area contributed by atoms with Crippen LogP contribution in [-0.4, -0.2) is 40.7 Å². The SMILES string of the molecule is CCCCN/C(N)=N/c1nc(CSCCC(=N)CO)cs1. The van der Waals surface area contributed by atoms with Crippen LogP contribution in [0.25, 0.3) is 0 Å². The summed E-state index contributed by atoms with van der Waals surface area (Å²) < 4.78 is 0. The van der Waals surface area contributed by atoms with Crippen molar-refractivity contribution in [1.82, 2.24) is 10.3 Å². The molecule has 0 fully saturated rings. The molecule has 1 rings (SSSR count). The van der Waals surface area contributed by atoms with Crippen molar-refractivity contribution in [2.24, 2.45) is 10.7 Å². The fourth-order valence-electron chi connectivity index (χ4n) is 1.40. The summed E-state index contributed by atoms with van der Waals surface area (Å²) in [4.78, 5) is 8.64. The predicted octanol–water partition coefficient (Wildman–Crippen LogP) is 2.11. The molecule has 0 spiro atoms. The molecule has 8 heteroatoms. The van der Waals surface area contributed by atoms with Crippen LogP contribution < -0.4 is 11.1 Å². The Labute approximate surface area is 133 Å². The summed E-state index contributed by atoms with van der Waals surface area (Å²) in [5, 5.41) is 21.8. The minimum atomic E-state index is -0.152. The van der Waals surface area contributed by atoms with Crippen LogP contribution in [0.4, 0.5) is 5.13 Å². The fraction of sp³-hybridized carbons (Fsp3) is 0.615. The lowest BCUT2D eigenvalue weighted by atomic mass is 10.3. The molecule has 0 atom stereocenters. The lowest BCUT2D eigenvalue weighted by Gasteiger charge is -2.02. The van der Waals surface area contributed by atoms with Crippen molar-refractivity contribution >= 4 is 39.9 Å². The molecule has 0 aliphatic carbocycles. The first-order chi connectivity index (χ1) is 10.2. The van der Waals surface area contributed by atoms with Crippen molar-refractivity contribution in [3.63, 3.8) is 0 Å². The summed E-state index contributed by atoms with van der Waals surface area (Å²) in [7, 11) is 0. The van der Waals surface area contributed by atoms with Gasteiger partial charge in [-0.05, 0) is 18.6 Å². The lowest BCUT2D eigenvalue weighted by molar-refractivity contribution is 0.354. The molecule has 0 saturated heterocycles. The van der Waals surface area contributed by atoms with Gasteiger partial charge in [0.2, 0.25) is 5.13 Å². The minimum absolute atomic E-state index is 0.152. The number of aromatic nitrogens is 1. The molecular weight excluding hydrogens is 306 g/mol. The summed E-state index contributed by atoms with van der Waals surface area (Å²) in [6.45, 7) is 2.80. The zero-order valence-corrected chi connectivity index (χ0v) is 13.9. The van der Waals surface area contributed by atoms with E-state index in [0.717, 1.165) is 36.6 Å². The maximum absolute atomic E-state index is 8.74. The van der Waals surface area contributed by atoms with Crippen LogP contribution >= 0.6 is 23.1 Å². The number of nitrogens with two attached hydrogens (primary N) is 1. The van der Waals surface area contributed by atoms with Gasteiger partial charge in [0, 0.05) is 23.4 Å². The molecule has 0 aromatic carbocycles. The highest BCUT2D eigenvalue weighted by molar-refractivity contribution is 7.98. The van der Waals surface area contributed by atoms with Crippen LogP contribution in [0, 0.1) is 5.41 Å². The van der Waals surface area contributed by atoms with Gasteiger partial charge in [-0.3, -0.25) is 0 Å². The Morgan fingerprint density at radius 2 is 2.43 bits per heavy atom. The fourth-order valence-corrected chi connectivity index (χ4v) is 3.10. The maximum Gasteiger partial charge on any atom is 0.212 e. The quantitative estimate of drug-likeness (QED) is 0.299. The molecule has 0 amide bonds. The number of unbranched alkanes of at least 4 members (excludes halogenated alkanes) is 1. The standard InChI is InChI=1S/C13H23N5OS2/c1-2-3-5-16-12(15)18-13-17-11(9-21-13)8-20-6-4-10(14)7-19/h9,14,19H,2-8H2,1H3,(H3,15,16,17,18). The second-order valence-corrected chi connectivity index (χ2v) is 6.40. The van der Waals surface area contributed by atoms with E-state index in [2.05, 4.69) is 22.2 Å². The Morgan fingerprint density at radius 1 is 1.62 bits per heavy atom. The van der Waals surface area contributed by atoms with Gasteiger partial charge in [-0.25, -0.2) is 4.98 Å². The molecule has 6 nitrogen and oxygen atoms in total. The van der Waals surface area contributed by atoms with E-state index in [0.29, 0.717) is 23.2 Å². The van der Waals surface area contributed by atoms with Crippen LogP contribution in [0.5, 0.6) is 0 Å². The number of aliphatic hydroxyl groups excluding tert-OH is 1. The second kappa shape index (κ2) is 10.6. The van der Waals surface area contributed by atoms with Crippen molar-refractivity contribution in [1.29, 1.82) is 5.41 Å². The number of rotatable bonds is 10. The first-order valence-corrected chi connectivity index (χ1v) is 8.96. The van der Waals surface area contributed by atoms with E-state index >= 15 is 0 Å². The first kappa shape index (κ1) is 17.9. The highest BCUT2D eigenvalue weighted by Crippen LogP contribution is 2.22. The van der Waals surface area contributed by atoms with E-state index in [-0.39, 0.29) is 6.61 Å². The van der Waals surface area contributed by atoms with E-state index in [1.54, 1.807) is 11.8 Å². The zero-order valence-electron chi connectivity index (χ0n) is 12.3. The minimum Gasteiger partial charge on any atom is -0.390 e. The Kier molecular flexibility index (Phi) is 9.04. The Hall–Kier alpha value is -1.12. The molecule has 118 valence electrons. The molecule has 0 unspecified atom stereocenters. The van der Waals surface area contributed by atoms with Gasteiger partial charge in [-0.15, -0.1) is 11.3 Å². The van der Waals surface area contributed by atoms with Gasteiger partial charge < -0.3 is 21.6 Å². The molecule has 1 aromatic rings. The number of guanidine groups is 1. The Bertz CT molecular complexity index is 461. The first-order valence-electron chi connectivity index (χ1n) is 6.93. The molecule has 1 heterocycles. The van der Waals surface area contributed by atoms with Gasteiger partial charge in [0.15, 0.2) is 5.96 Å². The van der Waals surface area contributed by atoms with Gasteiger partial charge in [0.1, 0.15) is 0 Å². The Morgan fingerprint density at radius 3 is 3.14 bits per heavy atom. The van der Waals surface area contributed by atoms with E-state index in [1.165, 1.54) is 11.3 Å². The van der Waals surface area contributed by atoms with Crippen molar-refractivity contribution in [3.8, 4) is 0 Å². The van der Waals surface area contributed by atoms with Crippen molar-refractivity contribution in [2.75, 3.05) is 18.9 Å². The van der Waals surface area contributed by atoms with E-state index in [1.807, 2.05) is 5.38 Å². The second-order valence-electron chi connectivity index (χ2n) is 4.46. The molecule has 0 bridgehead atoms. The predicted molar refractivity (Wildman–Crippen MR) is 91.9 cm³/mol. The number of nitrogens with one attached hydrogen (secondary N) is 2. The molecule has 0 aliphatic heterocycles. The van der Waals surface area contributed by atoms with Crippen molar-refractivity contribution in [3.05, 3.63) is 11.1 Å². The third-order valence-electron chi connectivity index (χ3n) is 2.58. The third-order valence-corrected chi connectivity index (χ3v) is 4.36. The molecule has 0 saturated carbocycles. The molecule has 21 heavy (non-hydrogen) atoms. The Balaban J connectivity index is 2.32. The van der Waals surface area contributed by atoms with Gasteiger partial charge in [-0.1, -0.05) is 13.3 Å². The monoisotopic (exact) mass is 329 g/mol. The summed E-state index contributed by atoms with van der Waals surface area (Å²) in [5.41, 5.74) is 7.12. The number of aliphatic imine (C=N–C) groups is 1. The van der Waals surface area contributed by atoms with Crippen molar-refractivity contribution in [2.45, 2.75) is 31.9 Å². The number of nitrogens with zero attached hydrogens (tertiary/aromatic N) is 2. The largest absolute Gasteiger partial charge is 0.390 e. The summed E-state index contributed by atoms with van der Waals surface area (Å²) in [5.74, 6) is 2.01. The van der Waals surface area contributed by atoms with Gasteiger partial charge in [-0.2, -0.15) is 16.8 Å². The van der Waals surface area contributed by atoms with Crippen LogP contribution in [0.2, 0.25) is 0 Å². The maximum atomic E-state index is 8.74. The topological polar surface area (TPSA) is 107 Å². The number of hydrogen-bond donors (Lipinski definition) is 4. The number of thioether (sulfide) groups is 1. The highest BCUT2D eigenvalue weighted by atomic mass is 32.2. The molecule has 0 aliphatic rings. The van der Waals surface area contributed by atoms with Crippen LogP contribution in [-0.2, 0) is 5.75 Å². The lowest BCUT2D eigenvalue weighted by Crippen LogP contribution is -2.31. The molecule has 1 aromatic heterocycles. The molecular formula is C13H23N5OS2. The van der Waals surface area contributed by atoms with E-state index in [4.69, 9.17) is 16.2 Å². The van der Waals surface area contributed by atoms with Crippen LogP contribution in [0.1, 0.15) is 31.9 Å². The number of hydrogen-bond acceptors (Lipinski definition) is 6. The smallest absolute Gasteiger partial charge is 0.212 e. The number of aliphatic hydroxyl groups is 1. The summed E-state index contributed by atoms with van der Waals surface area (Å²) in [6, 6.07) is 0. The number of thiazole rings is 1. The van der Waals surface area contributed by atoms with Gasteiger partial charge in [0.05, 0.1) is 12.3 Å². The van der Waals surface area contributed by atoms with Gasteiger partial charge in [0.25, 0.3) is 0 Å².